The third-order valence-corrected chi connectivity index (χ3v) is 1.10. The van der Waals surface area contributed by atoms with E-state index in [-0.39, 0.29) is 0 Å². The van der Waals surface area contributed by atoms with Gasteiger partial charge < -0.3 is 0 Å². The highest BCUT2D eigenvalue weighted by Gasteiger charge is 1.94. The van der Waals surface area contributed by atoms with Crippen LogP contribution in [0.3, 0.4) is 0 Å². The first-order valence-electron chi connectivity index (χ1n) is 2.85. The summed E-state index contributed by atoms with van der Waals surface area (Å²) in [5, 5.41) is 3.76. The van der Waals surface area contributed by atoms with Crippen LogP contribution in [0.4, 0.5) is 0 Å². The normalized spacial score (nSPS) is 11.5. The Hall–Kier alpha value is -1.45. The molecular formula is C6H7N3O. The number of nitrogens with zero attached hydrogens (tertiary/aromatic N) is 3. The van der Waals surface area contributed by atoms with Gasteiger partial charge in [0.15, 0.2) is 6.29 Å². The molecule has 0 aromatic carbocycles. The second-order valence-electron chi connectivity index (χ2n) is 1.67. The van der Waals surface area contributed by atoms with Crippen LogP contribution in [0.1, 0.15) is 6.92 Å². The minimum absolute atomic E-state index is 0.498. The molecule has 0 atom stereocenters. The van der Waals surface area contributed by atoms with Gasteiger partial charge >= 0.3 is 0 Å². The lowest BCUT2D eigenvalue weighted by atomic mass is 10.4. The zero-order valence-electron chi connectivity index (χ0n) is 5.56. The molecule has 1 aromatic rings. The van der Waals surface area contributed by atoms with Gasteiger partial charge in [-0.2, -0.15) is 5.10 Å². The van der Waals surface area contributed by atoms with Gasteiger partial charge in [-0.25, -0.2) is 9.67 Å². The molecule has 0 N–H and O–H groups in total. The van der Waals surface area contributed by atoms with Crippen molar-refractivity contribution in [3.05, 3.63) is 18.7 Å². The van der Waals surface area contributed by atoms with E-state index in [1.165, 1.54) is 17.3 Å². The number of rotatable bonds is 2. The van der Waals surface area contributed by atoms with Crippen molar-refractivity contribution in [2.75, 3.05) is 0 Å². The zero-order valence-corrected chi connectivity index (χ0v) is 5.56. The van der Waals surface area contributed by atoms with Crippen LogP contribution in [0.25, 0.3) is 5.70 Å². The molecule has 52 valence electrons. The second kappa shape index (κ2) is 2.91. The number of hydrogen-bond donors (Lipinski definition) is 0. The molecule has 4 heteroatoms. The largest absolute Gasteiger partial charge is 0.296 e. The van der Waals surface area contributed by atoms with Gasteiger partial charge in [0.05, 0.1) is 0 Å². The highest BCUT2D eigenvalue weighted by atomic mass is 16.1. The van der Waals surface area contributed by atoms with Crippen LogP contribution in [0.2, 0.25) is 0 Å². The van der Waals surface area contributed by atoms with Crippen LogP contribution in [0.5, 0.6) is 0 Å². The Kier molecular flexibility index (Phi) is 1.94. The van der Waals surface area contributed by atoms with Crippen molar-refractivity contribution in [2.45, 2.75) is 6.92 Å². The first kappa shape index (κ1) is 6.67. The average Bonchev–Trinajstić information content (AvgIpc) is 2.43. The molecular weight excluding hydrogens is 130 g/mol. The molecule has 0 aliphatic carbocycles. The Labute approximate surface area is 58.2 Å². The molecule has 0 saturated heterocycles. The number of aldehydes is 1. The Morgan fingerprint density at radius 1 is 1.70 bits per heavy atom. The van der Waals surface area contributed by atoms with Gasteiger partial charge in [-0.3, -0.25) is 4.79 Å². The summed E-state index contributed by atoms with van der Waals surface area (Å²) in [6.07, 6.45) is 5.26. The van der Waals surface area contributed by atoms with E-state index in [1.807, 2.05) is 0 Å². The first-order valence-corrected chi connectivity index (χ1v) is 2.85. The summed E-state index contributed by atoms with van der Waals surface area (Å²) in [5.74, 6) is 0. The maximum absolute atomic E-state index is 10.3. The van der Waals surface area contributed by atoms with Crippen molar-refractivity contribution in [1.82, 2.24) is 14.8 Å². The third-order valence-electron chi connectivity index (χ3n) is 1.10. The molecule has 0 fully saturated rings. The van der Waals surface area contributed by atoms with Crippen LogP contribution in [-0.2, 0) is 4.79 Å². The topological polar surface area (TPSA) is 47.8 Å². The molecule has 0 radical (unpaired) electrons. The highest BCUT2D eigenvalue weighted by Crippen LogP contribution is 1.94. The Balaban J connectivity index is 2.95. The van der Waals surface area contributed by atoms with Gasteiger partial charge in [-0.1, -0.05) is 6.08 Å². The summed E-state index contributed by atoms with van der Waals surface area (Å²) < 4.78 is 1.41. The minimum Gasteiger partial charge on any atom is -0.296 e. The molecule has 0 aliphatic rings. The summed E-state index contributed by atoms with van der Waals surface area (Å²) in [7, 11) is 0. The number of hydrogen-bond acceptors (Lipinski definition) is 3. The summed E-state index contributed by atoms with van der Waals surface area (Å²) >= 11 is 0. The second-order valence-corrected chi connectivity index (χ2v) is 1.67. The molecule has 0 bridgehead atoms. The Morgan fingerprint density at radius 3 is 2.90 bits per heavy atom. The summed E-state index contributed by atoms with van der Waals surface area (Å²) in [4.78, 5) is 14.0. The first-order chi connectivity index (χ1) is 4.88. The molecule has 1 aromatic heterocycles. The fourth-order valence-corrected chi connectivity index (χ4v) is 0.596. The molecule has 0 aliphatic heterocycles. The zero-order chi connectivity index (χ0) is 7.40. The monoisotopic (exact) mass is 137 g/mol. The fraction of sp³-hybridized carbons (Fsp3) is 0.167. The van der Waals surface area contributed by atoms with Gasteiger partial charge in [0.2, 0.25) is 0 Å². The standard InChI is InChI=1S/C6H7N3O/c1-2-6(3-10)9-5-7-4-8-9/h2-5H,1H3. The van der Waals surface area contributed by atoms with Crippen molar-refractivity contribution >= 4 is 12.0 Å². The molecule has 1 rings (SSSR count). The lowest BCUT2D eigenvalue weighted by Crippen LogP contribution is -1.97. The van der Waals surface area contributed by atoms with Gasteiger partial charge in [0.25, 0.3) is 0 Å². The van der Waals surface area contributed by atoms with Crippen molar-refractivity contribution in [1.29, 1.82) is 0 Å². The van der Waals surface area contributed by atoms with Crippen LogP contribution in [0.15, 0.2) is 18.7 Å². The average molecular weight is 137 g/mol. The molecule has 1 heterocycles. The van der Waals surface area contributed by atoms with E-state index in [9.17, 15) is 4.79 Å². The van der Waals surface area contributed by atoms with Gasteiger partial charge in [-0.15, -0.1) is 0 Å². The van der Waals surface area contributed by atoms with Gasteiger partial charge in [-0.05, 0) is 6.92 Å². The molecule has 0 saturated carbocycles. The smallest absolute Gasteiger partial charge is 0.168 e. The maximum Gasteiger partial charge on any atom is 0.168 e. The number of carbonyl (C=O) groups excluding carboxylic acids is 1. The van der Waals surface area contributed by atoms with E-state index in [0.29, 0.717) is 5.70 Å². The van der Waals surface area contributed by atoms with Gasteiger partial charge in [0, 0.05) is 0 Å². The van der Waals surface area contributed by atoms with Crippen LogP contribution in [-0.4, -0.2) is 21.1 Å². The van der Waals surface area contributed by atoms with Crippen LogP contribution >= 0.6 is 0 Å². The molecule has 0 unspecified atom stereocenters. The van der Waals surface area contributed by atoms with Crippen molar-refractivity contribution in [3.8, 4) is 0 Å². The highest BCUT2D eigenvalue weighted by molar-refractivity contribution is 5.97. The molecule has 4 nitrogen and oxygen atoms in total. The number of allylic oxidation sites excluding steroid dienone is 2. The Bertz CT molecular complexity index is 238. The third kappa shape index (κ3) is 1.10. The van der Waals surface area contributed by atoms with E-state index < -0.39 is 0 Å². The summed E-state index contributed by atoms with van der Waals surface area (Å²) in [5.41, 5.74) is 0.498. The van der Waals surface area contributed by atoms with Crippen molar-refractivity contribution in [3.63, 3.8) is 0 Å². The van der Waals surface area contributed by atoms with Crippen molar-refractivity contribution in [2.24, 2.45) is 0 Å². The predicted molar refractivity (Wildman–Crippen MR) is 36.0 cm³/mol. The number of carbonyl (C=O) groups is 1. The van der Waals surface area contributed by atoms with E-state index in [1.54, 1.807) is 13.0 Å². The predicted octanol–water partition coefficient (Wildman–Crippen LogP) is 0.338. The van der Waals surface area contributed by atoms with E-state index in [2.05, 4.69) is 10.1 Å². The SMILES string of the molecule is CC=C(C=O)n1cncn1. The molecule has 0 spiro atoms. The van der Waals surface area contributed by atoms with E-state index in [0.717, 1.165) is 6.29 Å². The summed E-state index contributed by atoms with van der Waals surface area (Å²) in [6.45, 7) is 1.77. The van der Waals surface area contributed by atoms with E-state index >= 15 is 0 Å². The quantitative estimate of drug-likeness (QED) is 0.436. The van der Waals surface area contributed by atoms with Crippen LogP contribution < -0.4 is 0 Å². The van der Waals surface area contributed by atoms with Gasteiger partial charge in [0.1, 0.15) is 18.4 Å². The fourth-order valence-electron chi connectivity index (χ4n) is 0.596. The van der Waals surface area contributed by atoms with Crippen LogP contribution in [0, 0.1) is 0 Å². The molecule has 10 heavy (non-hydrogen) atoms. The molecule has 0 amide bonds. The maximum atomic E-state index is 10.3. The summed E-state index contributed by atoms with van der Waals surface area (Å²) in [6, 6.07) is 0. The minimum atomic E-state index is 0.498. The Morgan fingerprint density at radius 2 is 2.50 bits per heavy atom. The lowest BCUT2D eigenvalue weighted by Gasteiger charge is -1.93. The van der Waals surface area contributed by atoms with E-state index in [4.69, 9.17) is 0 Å². The lowest BCUT2D eigenvalue weighted by molar-refractivity contribution is -0.103. The van der Waals surface area contributed by atoms with Crippen molar-refractivity contribution < 1.29 is 4.79 Å². The number of aromatic nitrogens is 3.